The van der Waals surface area contributed by atoms with Gasteiger partial charge in [0.05, 0.1) is 5.56 Å². The number of ether oxygens (including phenoxy) is 1. The molecule has 0 unspecified atom stereocenters. The first kappa shape index (κ1) is 13.6. The Hall–Kier alpha value is -1.80. The van der Waals surface area contributed by atoms with Crippen LogP contribution in [-0.4, -0.2) is 6.29 Å². The Morgan fingerprint density at radius 3 is 2.42 bits per heavy atom. The smallest absolute Gasteiger partial charge is 0.153 e. The third-order valence-electron chi connectivity index (χ3n) is 2.77. The zero-order valence-electron chi connectivity index (χ0n) is 10.9. The number of carbonyl (C=O) groups excluding carboxylic acids is 1. The molecule has 0 aromatic heterocycles. The van der Waals surface area contributed by atoms with Crippen molar-refractivity contribution in [1.29, 1.82) is 0 Å². The molecule has 0 radical (unpaired) electrons. The van der Waals surface area contributed by atoms with Gasteiger partial charge in [0, 0.05) is 5.02 Å². The maximum atomic E-state index is 11.0. The van der Waals surface area contributed by atoms with E-state index in [0.717, 1.165) is 11.8 Å². The average molecular weight is 275 g/mol. The van der Waals surface area contributed by atoms with Crippen molar-refractivity contribution in [3.63, 3.8) is 0 Å². The van der Waals surface area contributed by atoms with Crippen molar-refractivity contribution >= 4 is 17.9 Å². The summed E-state index contributed by atoms with van der Waals surface area (Å²) < 4.78 is 5.69. The van der Waals surface area contributed by atoms with Crippen molar-refractivity contribution < 1.29 is 9.53 Å². The van der Waals surface area contributed by atoms with Crippen molar-refractivity contribution in [3.05, 3.63) is 63.7 Å². The molecule has 0 saturated heterocycles. The molecule has 0 N–H and O–H groups in total. The Balaban J connectivity index is 2.16. The standard InChI is InChI=1S/C16H15ClO2/c1-11-5-12(2)7-13(6-11)10-19-16-4-3-15(17)8-14(16)9-18/h3-9H,10H2,1-2H3. The van der Waals surface area contributed by atoms with Crippen LogP contribution in [0.2, 0.25) is 5.02 Å². The van der Waals surface area contributed by atoms with Gasteiger partial charge in [0.1, 0.15) is 12.4 Å². The lowest BCUT2D eigenvalue weighted by Gasteiger charge is -2.10. The Bertz CT molecular complexity index is 585. The van der Waals surface area contributed by atoms with Crippen LogP contribution < -0.4 is 4.74 Å². The third kappa shape index (κ3) is 3.58. The maximum absolute atomic E-state index is 11.0. The molecule has 2 nitrogen and oxygen atoms in total. The van der Waals surface area contributed by atoms with Crippen LogP contribution in [0.3, 0.4) is 0 Å². The van der Waals surface area contributed by atoms with E-state index in [1.165, 1.54) is 11.1 Å². The highest BCUT2D eigenvalue weighted by molar-refractivity contribution is 6.30. The van der Waals surface area contributed by atoms with Gasteiger partial charge >= 0.3 is 0 Å². The Morgan fingerprint density at radius 1 is 1.11 bits per heavy atom. The number of aryl methyl sites for hydroxylation is 2. The highest BCUT2D eigenvalue weighted by Gasteiger charge is 2.05. The Kier molecular flexibility index (Phi) is 4.23. The molecule has 0 aliphatic rings. The minimum atomic E-state index is 0.436. The van der Waals surface area contributed by atoms with Gasteiger partial charge in [0.25, 0.3) is 0 Å². The van der Waals surface area contributed by atoms with Crippen molar-refractivity contribution in [2.24, 2.45) is 0 Å². The molecule has 0 bridgehead atoms. The van der Waals surface area contributed by atoms with Gasteiger partial charge in [-0.25, -0.2) is 0 Å². The fourth-order valence-electron chi connectivity index (χ4n) is 2.06. The van der Waals surface area contributed by atoms with Gasteiger partial charge in [0.2, 0.25) is 0 Å². The molecule has 0 aliphatic carbocycles. The summed E-state index contributed by atoms with van der Waals surface area (Å²) in [5, 5.41) is 0.529. The lowest BCUT2D eigenvalue weighted by Crippen LogP contribution is -1.99. The number of benzene rings is 2. The topological polar surface area (TPSA) is 26.3 Å². The number of halogens is 1. The summed E-state index contributed by atoms with van der Waals surface area (Å²) in [5.41, 5.74) is 3.96. The summed E-state index contributed by atoms with van der Waals surface area (Å²) in [4.78, 5) is 11.0. The predicted molar refractivity (Wildman–Crippen MR) is 77.1 cm³/mol. The highest BCUT2D eigenvalue weighted by atomic mass is 35.5. The van der Waals surface area contributed by atoms with E-state index in [2.05, 4.69) is 32.0 Å². The van der Waals surface area contributed by atoms with Crippen LogP contribution in [0.25, 0.3) is 0 Å². The second kappa shape index (κ2) is 5.89. The van der Waals surface area contributed by atoms with Crippen molar-refractivity contribution in [2.75, 3.05) is 0 Å². The van der Waals surface area contributed by atoms with E-state index in [-0.39, 0.29) is 0 Å². The Labute approximate surface area is 118 Å². The quantitative estimate of drug-likeness (QED) is 0.775. The van der Waals surface area contributed by atoms with E-state index < -0.39 is 0 Å². The summed E-state index contributed by atoms with van der Waals surface area (Å²) in [6.45, 7) is 4.54. The van der Waals surface area contributed by atoms with Crippen LogP contribution >= 0.6 is 11.6 Å². The van der Waals surface area contributed by atoms with E-state index in [4.69, 9.17) is 16.3 Å². The van der Waals surface area contributed by atoms with Crippen LogP contribution in [0.15, 0.2) is 36.4 Å². The summed E-state index contributed by atoms with van der Waals surface area (Å²) in [6, 6.07) is 11.3. The molecule has 0 saturated carbocycles. The van der Waals surface area contributed by atoms with E-state index >= 15 is 0 Å². The second-order valence-corrected chi connectivity index (χ2v) is 5.02. The molecule has 19 heavy (non-hydrogen) atoms. The van der Waals surface area contributed by atoms with E-state index in [1.54, 1.807) is 18.2 Å². The second-order valence-electron chi connectivity index (χ2n) is 4.58. The molecular weight excluding hydrogens is 260 g/mol. The largest absolute Gasteiger partial charge is 0.488 e. The summed E-state index contributed by atoms with van der Waals surface area (Å²) >= 11 is 5.84. The maximum Gasteiger partial charge on any atom is 0.153 e. The monoisotopic (exact) mass is 274 g/mol. The van der Waals surface area contributed by atoms with Crippen molar-refractivity contribution in [1.82, 2.24) is 0 Å². The lowest BCUT2D eigenvalue weighted by atomic mass is 10.1. The number of hydrogen-bond donors (Lipinski definition) is 0. The Morgan fingerprint density at radius 2 is 1.79 bits per heavy atom. The van der Waals surface area contributed by atoms with Gasteiger partial charge in [-0.15, -0.1) is 0 Å². The molecule has 0 amide bonds. The summed E-state index contributed by atoms with van der Waals surface area (Å²) in [7, 11) is 0. The molecule has 2 rings (SSSR count). The molecule has 98 valence electrons. The number of carbonyl (C=O) groups is 1. The zero-order chi connectivity index (χ0) is 13.8. The van der Waals surface area contributed by atoms with E-state index in [1.807, 2.05) is 0 Å². The number of aldehydes is 1. The molecule has 3 heteroatoms. The highest BCUT2D eigenvalue weighted by Crippen LogP contribution is 2.22. The number of rotatable bonds is 4. The van der Waals surface area contributed by atoms with Gasteiger partial charge in [0.15, 0.2) is 6.29 Å². The SMILES string of the molecule is Cc1cc(C)cc(COc2ccc(Cl)cc2C=O)c1. The van der Waals surface area contributed by atoms with Crippen LogP contribution in [0.5, 0.6) is 5.75 Å². The zero-order valence-corrected chi connectivity index (χ0v) is 11.7. The molecule has 0 heterocycles. The van der Waals surface area contributed by atoms with Gasteiger partial charge < -0.3 is 4.74 Å². The van der Waals surface area contributed by atoms with Crippen LogP contribution in [0.4, 0.5) is 0 Å². The molecule has 0 atom stereocenters. The normalized spacial score (nSPS) is 10.3. The van der Waals surface area contributed by atoms with E-state index in [0.29, 0.717) is 22.9 Å². The molecule has 0 fully saturated rings. The minimum Gasteiger partial charge on any atom is -0.488 e. The minimum absolute atomic E-state index is 0.436. The predicted octanol–water partition coefficient (Wildman–Crippen LogP) is 4.35. The fourth-order valence-corrected chi connectivity index (χ4v) is 2.24. The molecule has 2 aromatic carbocycles. The first-order valence-electron chi connectivity index (χ1n) is 6.03. The molecule has 0 aliphatic heterocycles. The van der Waals surface area contributed by atoms with Crippen molar-refractivity contribution in [2.45, 2.75) is 20.5 Å². The van der Waals surface area contributed by atoms with Crippen LogP contribution in [0, 0.1) is 13.8 Å². The van der Waals surface area contributed by atoms with Crippen LogP contribution in [-0.2, 0) is 6.61 Å². The average Bonchev–Trinajstić information content (AvgIpc) is 2.36. The number of hydrogen-bond acceptors (Lipinski definition) is 2. The van der Waals surface area contributed by atoms with Gasteiger partial charge in [-0.1, -0.05) is 40.9 Å². The first-order chi connectivity index (χ1) is 9.08. The van der Waals surface area contributed by atoms with Gasteiger partial charge in [-0.3, -0.25) is 4.79 Å². The third-order valence-corrected chi connectivity index (χ3v) is 3.01. The molecular formula is C16H15ClO2. The summed E-state index contributed by atoms with van der Waals surface area (Å²) in [6.07, 6.45) is 0.753. The summed E-state index contributed by atoms with van der Waals surface area (Å²) in [5.74, 6) is 0.554. The molecule has 2 aromatic rings. The van der Waals surface area contributed by atoms with Gasteiger partial charge in [-0.05, 0) is 37.6 Å². The molecule has 0 spiro atoms. The van der Waals surface area contributed by atoms with Gasteiger partial charge in [-0.2, -0.15) is 0 Å². The van der Waals surface area contributed by atoms with Crippen molar-refractivity contribution in [3.8, 4) is 5.75 Å². The fraction of sp³-hybridized carbons (Fsp3) is 0.188. The van der Waals surface area contributed by atoms with E-state index in [9.17, 15) is 4.79 Å². The lowest BCUT2D eigenvalue weighted by molar-refractivity contribution is 0.111. The van der Waals surface area contributed by atoms with Crippen LogP contribution in [0.1, 0.15) is 27.0 Å². The first-order valence-corrected chi connectivity index (χ1v) is 6.41.